The maximum Gasteiger partial charge on any atom is 0.190 e. The van der Waals surface area contributed by atoms with E-state index in [0.717, 1.165) is 28.5 Å². The molecule has 1 saturated carbocycles. The highest BCUT2D eigenvalue weighted by atomic mass is 35.5. The Kier molecular flexibility index (Phi) is 4.12. The summed E-state index contributed by atoms with van der Waals surface area (Å²) in [4.78, 5) is 0. The van der Waals surface area contributed by atoms with Crippen LogP contribution in [0.4, 0.5) is 0 Å². The van der Waals surface area contributed by atoms with Crippen molar-refractivity contribution in [2.75, 3.05) is 0 Å². The average Bonchev–Trinajstić information content (AvgIpc) is 3.14. The molecule has 2 unspecified atom stereocenters. The lowest BCUT2D eigenvalue weighted by Gasteiger charge is -2.42. The molecule has 2 atom stereocenters. The lowest BCUT2D eigenvalue weighted by atomic mass is 9.86. The summed E-state index contributed by atoms with van der Waals surface area (Å²) < 4.78 is 6.49. The van der Waals surface area contributed by atoms with Gasteiger partial charge >= 0.3 is 0 Å². The summed E-state index contributed by atoms with van der Waals surface area (Å²) in [5, 5.41) is 8.06. The van der Waals surface area contributed by atoms with Gasteiger partial charge in [0, 0.05) is 22.9 Å². The largest absolute Gasteiger partial charge is 0.468 e. The summed E-state index contributed by atoms with van der Waals surface area (Å²) in [6.07, 6.45) is 7.41. The van der Waals surface area contributed by atoms with Crippen molar-refractivity contribution in [3.63, 3.8) is 0 Å². The first-order valence-electron chi connectivity index (χ1n) is 9.67. The monoisotopic (exact) mass is 366 g/mol. The summed E-state index contributed by atoms with van der Waals surface area (Å²) >= 11 is 6.06. The molecule has 2 heterocycles. The van der Waals surface area contributed by atoms with Crippen molar-refractivity contribution in [2.45, 2.75) is 50.8 Å². The van der Waals surface area contributed by atoms with Crippen molar-refractivity contribution >= 4 is 17.3 Å². The van der Waals surface area contributed by atoms with E-state index in [2.05, 4.69) is 41.4 Å². The minimum absolute atomic E-state index is 0.0556. The second-order valence-electron chi connectivity index (χ2n) is 7.60. The van der Waals surface area contributed by atoms with Crippen LogP contribution in [0.25, 0.3) is 0 Å². The molecule has 0 saturated heterocycles. The number of halogens is 1. The smallest absolute Gasteiger partial charge is 0.190 e. The molecule has 2 aromatic carbocycles. The van der Waals surface area contributed by atoms with Gasteiger partial charge in [0.1, 0.15) is 5.75 Å². The lowest BCUT2D eigenvalue weighted by molar-refractivity contribution is -0.0643. The van der Waals surface area contributed by atoms with Crippen LogP contribution >= 0.6 is 11.6 Å². The Morgan fingerprint density at radius 3 is 2.54 bits per heavy atom. The number of hydrogen-bond acceptors (Lipinski definition) is 3. The van der Waals surface area contributed by atoms with Crippen molar-refractivity contribution in [1.29, 1.82) is 0 Å². The predicted octanol–water partition coefficient (Wildman–Crippen LogP) is 5.79. The first kappa shape index (κ1) is 16.2. The third kappa shape index (κ3) is 2.79. The van der Waals surface area contributed by atoms with Crippen LogP contribution in [0.15, 0.2) is 53.6 Å². The van der Waals surface area contributed by atoms with Gasteiger partial charge in [0.2, 0.25) is 0 Å². The molecule has 0 bridgehead atoms. The van der Waals surface area contributed by atoms with Gasteiger partial charge in [-0.25, -0.2) is 5.01 Å². The summed E-state index contributed by atoms with van der Waals surface area (Å²) in [6.45, 7) is 0. The molecule has 3 aliphatic rings. The van der Waals surface area contributed by atoms with Gasteiger partial charge in [-0.2, -0.15) is 5.10 Å². The van der Waals surface area contributed by atoms with Gasteiger partial charge in [-0.1, -0.05) is 61.2 Å². The highest BCUT2D eigenvalue weighted by Gasteiger charge is 2.43. The van der Waals surface area contributed by atoms with Crippen molar-refractivity contribution in [3.8, 4) is 5.75 Å². The summed E-state index contributed by atoms with van der Waals surface area (Å²) in [5.74, 6) is 1.60. The van der Waals surface area contributed by atoms with Crippen LogP contribution in [0.5, 0.6) is 5.75 Å². The molecule has 0 radical (unpaired) electrons. The fraction of sp³-hybridized carbons (Fsp3) is 0.409. The van der Waals surface area contributed by atoms with Crippen LogP contribution in [0.2, 0.25) is 5.02 Å². The first-order chi connectivity index (χ1) is 12.8. The van der Waals surface area contributed by atoms with Crippen LogP contribution in [0.1, 0.15) is 55.7 Å². The minimum Gasteiger partial charge on any atom is -0.468 e. The van der Waals surface area contributed by atoms with Crippen LogP contribution in [-0.2, 0) is 0 Å². The second-order valence-corrected chi connectivity index (χ2v) is 8.03. The first-order valence-corrected chi connectivity index (χ1v) is 10.0. The number of hydrogen-bond donors (Lipinski definition) is 0. The SMILES string of the molecule is Clc1ccc(C2=NN3C(C2)c2ccccc2OC3C2CCCCC2)cc1. The third-order valence-electron chi connectivity index (χ3n) is 5.96. The summed E-state index contributed by atoms with van der Waals surface area (Å²) in [6, 6.07) is 16.8. The Bertz CT molecular complexity index is 826. The fourth-order valence-corrected chi connectivity index (χ4v) is 4.74. The number of hydrazone groups is 1. The Hall–Kier alpha value is -2.00. The highest BCUT2D eigenvalue weighted by Crippen LogP contribution is 2.46. The van der Waals surface area contributed by atoms with E-state index in [1.807, 2.05) is 12.1 Å². The van der Waals surface area contributed by atoms with Gasteiger partial charge in [0.25, 0.3) is 0 Å². The van der Waals surface area contributed by atoms with Gasteiger partial charge in [0.05, 0.1) is 11.8 Å². The molecule has 5 rings (SSSR count). The van der Waals surface area contributed by atoms with E-state index in [1.54, 1.807) is 0 Å². The average molecular weight is 367 g/mol. The van der Waals surface area contributed by atoms with Crippen LogP contribution in [-0.4, -0.2) is 16.9 Å². The molecular weight excluding hydrogens is 344 g/mol. The van der Waals surface area contributed by atoms with Crippen molar-refractivity contribution in [1.82, 2.24) is 5.01 Å². The third-order valence-corrected chi connectivity index (χ3v) is 6.21. The number of rotatable bonds is 2. The lowest BCUT2D eigenvalue weighted by Crippen LogP contribution is -2.45. The summed E-state index contributed by atoms with van der Waals surface area (Å²) in [7, 11) is 0. The van der Waals surface area contributed by atoms with E-state index in [4.69, 9.17) is 21.4 Å². The normalized spacial score (nSPS) is 25.3. The standard InChI is InChI=1S/C22H23ClN2O/c23-17-12-10-15(11-13-17)19-14-20-18-8-4-5-9-21(18)26-22(25(20)24-19)16-6-2-1-3-7-16/h4-5,8-13,16,20,22H,1-3,6-7,14H2. The molecule has 0 aromatic heterocycles. The van der Waals surface area contributed by atoms with E-state index in [1.165, 1.54) is 37.7 Å². The van der Waals surface area contributed by atoms with Gasteiger partial charge in [-0.05, 0) is 36.6 Å². The molecule has 0 spiro atoms. The van der Waals surface area contributed by atoms with Crippen LogP contribution < -0.4 is 4.74 Å². The highest BCUT2D eigenvalue weighted by molar-refractivity contribution is 6.30. The molecule has 0 N–H and O–H groups in total. The van der Waals surface area contributed by atoms with E-state index < -0.39 is 0 Å². The molecule has 0 amide bonds. The Morgan fingerprint density at radius 2 is 1.73 bits per heavy atom. The number of nitrogens with zero attached hydrogens (tertiary/aromatic N) is 2. The Morgan fingerprint density at radius 1 is 0.962 bits per heavy atom. The molecule has 2 aliphatic heterocycles. The van der Waals surface area contributed by atoms with E-state index in [9.17, 15) is 0 Å². The van der Waals surface area contributed by atoms with Gasteiger partial charge in [-0.3, -0.25) is 0 Å². The quantitative estimate of drug-likeness (QED) is 0.672. The van der Waals surface area contributed by atoms with Crippen LogP contribution in [0, 0.1) is 5.92 Å². The van der Waals surface area contributed by atoms with Crippen LogP contribution in [0.3, 0.4) is 0 Å². The van der Waals surface area contributed by atoms with Crippen molar-refractivity contribution < 1.29 is 4.74 Å². The van der Waals surface area contributed by atoms with E-state index in [-0.39, 0.29) is 12.3 Å². The molecule has 26 heavy (non-hydrogen) atoms. The molecule has 3 nitrogen and oxygen atoms in total. The summed E-state index contributed by atoms with van der Waals surface area (Å²) in [5.41, 5.74) is 3.55. The number of fused-ring (bicyclic) bond motifs is 3. The number of para-hydroxylation sites is 1. The van der Waals surface area contributed by atoms with Crippen molar-refractivity contribution in [3.05, 3.63) is 64.7 Å². The van der Waals surface area contributed by atoms with Gasteiger partial charge in [-0.15, -0.1) is 0 Å². The Labute approximate surface area is 159 Å². The van der Waals surface area contributed by atoms with Gasteiger partial charge < -0.3 is 4.74 Å². The molecule has 2 aromatic rings. The molecule has 4 heteroatoms. The van der Waals surface area contributed by atoms with Crippen molar-refractivity contribution in [2.24, 2.45) is 11.0 Å². The number of ether oxygens (including phenoxy) is 1. The maximum atomic E-state index is 6.49. The zero-order chi connectivity index (χ0) is 17.5. The molecular formula is C22H23ClN2O. The van der Waals surface area contributed by atoms with Gasteiger partial charge in [0.15, 0.2) is 6.23 Å². The minimum atomic E-state index is 0.0556. The molecule has 1 fully saturated rings. The topological polar surface area (TPSA) is 24.8 Å². The zero-order valence-corrected chi connectivity index (χ0v) is 15.5. The number of benzene rings is 2. The molecule has 134 valence electrons. The van der Waals surface area contributed by atoms with E-state index >= 15 is 0 Å². The van der Waals surface area contributed by atoms with E-state index in [0.29, 0.717) is 5.92 Å². The predicted molar refractivity (Wildman–Crippen MR) is 105 cm³/mol. The zero-order valence-electron chi connectivity index (χ0n) is 14.8. The fourth-order valence-electron chi connectivity index (χ4n) is 4.61. The Balaban J connectivity index is 1.52. The molecule has 1 aliphatic carbocycles. The maximum absolute atomic E-state index is 6.49. The second kappa shape index (κ2) is 6.62.